The van der Waals surface area contributed by atoms with E-state index in [1.807, 2.05) is 61.5 Å². The maximum atomic E-state index is 12.6. The van der Waals surface area contributed by atoms with Crippen molar-refractivity contribution in [1.29, 1.82) is 0 Å². The maximum absolute atomic E-state index is 12.6. The normalized spacial score (nSPS) is 16.2. The van der Waals surface area contributed by atoms with Gasteiger partial charge in [0.2, 0.25) is 0 Å². The standard InChI is InChI=1S/C21H22N4O2.ClH/c1-14-19(16-5-3-2-4-6-16)24-25-20(14)21(26)23-17-9-7-15(8-10-17)18-13-22-11-12-27-18;/h2-10,18,22H,11-13H2,1H3,(H,23,26)(H,24,25);1H. The van der Waals surface area contributed by atoms with E-state index in [1.165, 1.54) is 0 Å². The summed E-state index contributed by atoms with van der Waals surface area (Å²) in [5.74, 6) is -0.203. The van der Waals surface area contributed by atoms with Gasteiger partial charge in [0.1, 0.15) is 5.69 Å². The van der Waals surface area contributed by atoms with Gasteiger partial charge in [0.15, 0.2) is 0 Å². The minimum atomic E-state index is -0.203. The monoisotopic (exact) mass is 398 g/mol. The molecule has 3 aromatic rings. The third kappa shape index (κ3) is 4.25. The van der Waals surface area contributed by atoms with Gasteiger partial charge in [-0.15, -0.1) is 12.4 Å². The topological polar surface area (TPSA) is 79.0 Å². The van der Waals surface area contributed by atoms with E-state index in [1.54, 1.807) is 0 Å². The predicted molar refractivity (Wildman–Crippen MR) is 112 cm³/mol. The second-order valence-electron chi connectivity index (χ2n) is 6.58. The number of carbonyl (C=O) groups is 1. The number of halogens is 1. The molecule has 1 unspecified atom stereocenters. The summed E-state index contributed by atoms with van der Waals surface area (Å²) in [6.07, 6.45) is 0.0618. The first-order chi connectivity index (χ1) is 13.2. The molecule has 146 valence electrons. The Balaban J connectivity index is 0.00000225. The van der Waals surface area contributed by atoms with Crippen LogP contribution < -0.4 is 10.6 Å². The summed E-state index contributed by atoms with van der Waals surface area (Å²) in [5, 5.41) is 13.4. The Kier molecular flexibility index (Phi) is 6.46. The van der Waals surface area contributed by atoms with Gasteiger partial charge in [0.05, 0.1) is 18.4 Å². The molecule has 1 aliphatic heterocycles. The summed E-state index contributed by atoms with van der Waals surface area (Å²) < 4.78 is 5.75. The molecule has 0 bridgehead atoms. The van der Waals surface area contributed by atoms with Crippen LogP contribution >= 0.6 is 12.4 Å². The van der Waals surface area contributed by atoms with E-state index in [-0.39, 0.29) is 24.4 Å². The molecule has 0 radical (unpaired) electrons. The summed E-state index contributed by atoms with van der Waals surface area (Å²) >= 11 is 0. The van der Waals surface area contributed by atoms with Crippen molar-refractivity contribution in [2.45, 2.75) is 13.0 Å². The lowest BCUT2D eigenvalue weighted by molar-refractivity contribution is 0.0277. The largest absolute Gasteiger partial charge is 0.371 e. The number of rotatable bonds is 4. The van der Waals surface area contributed by atoms with E-state index in [0.29, 0.717) is 12.3 Å². The first kappa shape index (κ1) is 20.1. The second kappa shape index (κ2) is 9.01. The molecule has 1 amide bonds. The highest BCUT2D eigenvalue weighted by molar-refractivity contribution is 6.04. The molecule has 2 heterocycles. The summed E-state index contributed by atoms with van der Waals surface area (Å²) in [7, 11) is 0. The van der Waals surface area contributed by atoms with Gasteiger partial charge < -0.3 is 15.4 Å². The van der Waals surface area contributed by atoms with E-state index in [9.17, 15) is 4.79 Å². The number of nitrogens with zero attached hydrogens (tertiary/aromatic N) is 1. The van der Waals surface area contributed by atoms with Crippen molar-refractivity contribution in [3.8, 4) is 11.3 Å². The number of anilines is 1. The Morgan fingerprint density at radius 1 is 1.14 bits per heavy atom. The van der Waals surface area contributed by atoms with E-state index >= 15 is 0 Å². The van der Waals surface area contributed by atoms with Crippen LogP contribution in [-0.2, 0) is 4.74 Å². The van der Waals surface area contributed by atoms with Crippen LogP contribution in [0.15, 0.2) is 54.6 Å². The van der Waals surface area contributed by atoms with Crippen LogP contribution in [0.3, 0.4) is 0 Å². The molecule has 1 saturated heterocycles. The number of benzene rings is 2. The number of hydrogen-bond donors (Lipinski definition) is 3. The first-order valence-corrected chi connectivity index (χ1v) is 9.06. The Morgan fingerprint density at radius 2 is 1.89 bits per heavy atom. The molecular formula is C21H23ClN4O2. The number of morpholine rings is 1. The molecule has 4 rings (SSSR count). The Labute approximate surface area is 170 Å². The Morgan fingerprint density at radius 3 is 2.57 bits per heavy atom. The van der Waals surface area contributed by atoms with Gasteiger partial charge in [-0.25, -0.2) is 0 Å². The smallest absolute Gasteiger partial charge is 0.273 e. The number of carbonyl (C=O) groups excluding carboxylic acids is 1. The Bertz CT molecular complexity index is 919. The van der Waals surface area contributed by atoms with E-state index in [4.69, 9.17) is 4.74 Å². The number of H-pyrrole nitrogens is 1. The quantitative estimate of drug-likeness (QED) is 0.625. The van der Waals surface area contributed by atoms with Gasteiger partial charge >= 0.3 is 0 Å². The van der Waals surface area contributed by atoms with E-state index < -0.39 is 0 Å². The van der Waals surface area contributed by atoms with Crippen molar-refractivity contribution in [2.24, 2.45) is 0 Å². The minimum absolute atomic E-state index is 0. The molecule has 1 atom stereocenters. The van der Waals surface area contributed by atoms with Crippen molar-refractivity contribution in [3.63, 3.8) is 0 Å². The highest BCUT2D eigenvalue weighted by atomic mass is 35.5. The number of ether oxygens (including phenoxy) is 1. The van der Waals surface area contributed by atoms with Gasteiger partial charge in [-0.2, -0.15) is 5.10 Å². The van der Waals surface area contributed by atoms with E-state index in [2.05, 4.69) is 20.8 Å². The van der Waals surface area contributed by atoms with Gasteiger partial charge in [0.25, 0.3) is 5.91 Å². The highest BCUT2D eigenvalue weighted by Crippen LogP contribution is 2.24. The van der Waals surface area contributed by atoms with Gasteiger partial charge in [0, 0.05) is 29.9 Å². The van der Waals surface area contributed by atoms with Crippen molar-refractivity contribution >= 4 is 24.0 Å². The third-order valence-electron chi connectivity index (χ3n) is 4.75. The fourth-order valence-corrected chi connectivity index (χ4v) is 3.25. The lowest BCUT2D eigenvalue weighted by Gasteiger charge is -2.24. The van der Waals surface area contributed by atoms with Crippen LogP contribution in [0.1, 0.15) is 27.7 Å². The fourth-order valence-electron chi connectivity index (χ4n) is 3.25. The minimum Gasteiger partial charge on any atom is -0.371 e. The highest BCUT2D eigenvalue weighted by Gasteiger charge is 2.18. The van der Waals surface area contributed by atoms with Crippen LogP contribution in [-0.4, -0.2) is 35.8 Å². The van der Waals surface area contributed by atoms with Crippen LogP contribution in [0.5, 0.6) is 0 Å². The zero-order valence-corrected chi connectivity index (χ0v) is 16.4. The number of aromatic amines is 1. The lowest BCUT2D eigenvalue weighted by Crippen LogP contribution is -2.33. The van der Waals surface area contributed by atoms with Crippen LogP contribution in [0.4, 0.5) is 5.69 Å². The van der Waals surface area contributed by atoms with Crippen molar-refractivity contribution in [1.82, 2.24) is 15.5 Å². The van der Waals surface area contributed by atoms with E-state index in [0.717, 1.165) is 41.2 Å². The second-order valence-corrected chi connectivity index (χ2v) is 6.58. The van der Waals surface area contributed by atoms with Gasteiger partial charge in [-0.1, -0.05) is 42.5 Å². The molecule has 7 heteroatoms. The molecule has 1 aliphatic rings. The van der Waals surface area contributed by atoms with Crippen molar-refractivity contribution < 1.29 is 9.53 Å². The van der Waals surface area contributed by atoms with Gasteiger partial charge in [-0.3, -0.25) is 9.89 Å². The molecule has 0 aliphatic carbocycles. The average molecular weight is 399 g/mol. The summed E-state index contributed by atoms with van der Waals surface area (Å²) in [4.78, 5) is 12.6. The summed E-state index contributed by atoms with van der Waals surface area (Å²) in [5.41, 5.74) is 4.91. The zero-order valence-electron chi connectivity index (χ0n) is 15.6. The number of aromatic nitrogens is 2. The molecule has 0 saturated carbocycles. The molecule has 6 nitrogen and oxygen atoms in total. The van der Waals surface area contributed by atoms with Crippen LogP contribution in [0.2, 0.25) is 0 Å². The molecule has 1 aromatic heterocycles. The van der Waals surface area contributed by atoms with Crippen LogP contribution in [0.25, 0.3) is 11.3 Å². The molecule has 2 aromatic carbocycles. The number of nitrogens with one attached hydrogen (secondary N) is 3. The Hall–Kier alpha value is -2.67. The van der Waals surface area contributed by atoms with Gasteiger partial charge in [-0.05, 0) is 24.6 Å². The molecule has 0 spiro atoms. The first-order valence-electron chi connectivity index (χ1n) is 9.06. The predicted octanol–water partition coefficient (Wildman–Crippen LogP) is 3.72. The molecule has 28 heavy (non-hydrogen) atoms. The van der Waals surface area contributed by atoms with Crippen LogP contribution in [0, 0.1) is 6.92 Å². The maximum Gasteiger partial charge on any atom is 0.273 e. The van der Waals surface area contributed by atoms with Crippen molar-refractivity contribution in [3.05, 3.63) is 71.4 Å². The summed E-state index contributed by atoms with van der Waals surface area (Å²) in [6, 6.07) is 17.6. The lowest BCUT2D eigenvalue weighted by atomic mass is 10.1. The molecule has 1 fully saturated rings. The fraction of sp³-hybridized carbons (Fsp3) is 0.238. The number of amides is 1. The molecular weight excluding hydrogens is 376 g/mol. The summed E-state index contributed by atoms with van der Waals surface area (Å²) in [6.45, 7) is 4.31. The van der Waals surface area contributed by atoms with Crippen molar-refractivity contribution in [2.75, 3.05) is 25.0 Å². The molecule has 3 N–H and O–H groups in total. The zero-order chi connectivity index (χ0) is 18.6. The average Bonchev–Trinajstić information content (AvgIpc) is 3.11. The number of hydrogen-bond acceptors (Lipinski definition) is 4. The third-order valence-corrected chi connectivity index (χ3v) is 4.75. The SMILES string of the molecule is Cc1c(-c2ccccc2)n[nH]c1C(=O)Nc1ccc(C2CNCCO2)cc1.Cl.